The molecule has 4 atom stereocenters. The summed E-state index contributed by atoms with van der Waals surface area (Å²) < 4.78 is 0. The Morgan fingerprint density at radius 2 is 2.00 bits per heavy atom. The number of piperidine rings is 3. The number of rotatable bonds is 8. The number of amides is 1. The van der Waals surface area contributed by atoms with E-state index in [1.165, 1.54) is 11.3 Å². The van der Waals surface area contributed by atoms with E-state index in [2.05, 4.69) is 28.5 Å². The van der Waals surface area contributed by atoms with E-state index in [9.17, 15) is 14.7 Å². The molecule has 1 unspecified atom stereocenters. The Bertz CT molecular complexity index is 934. The number of fused-ring (bicyclic) bond motifs is 3. The number of benzene rings is 1. The fraction of sp³-hybridized carbons (Fsp3) is 0.500. The Morgan fingerprint density at radius 3 is 2.71 bits per heavy atom. The molecular formula is C24H30N4O3. The van der Waals surface area contributed by atoms with Gasteiger partial charge in [-0.25, -0.2) is 9.97 Å². The molecule has 1 aromatic heterocycles. The fourth-order valence-electron chi connectivity index (χ4n) is 5.14. The summed E-state index contributed by atoms with van der Waals surface area (Å²) >= 11 is 0. The van der Waals surface area contributed by atoms with Crippen LogP contribution >= 0.6 is 0 Å². The van der Waals surface area contributed by atoms with E-state index in [0.29, 0.717) is 30.8 Å². The normalized spacial score (nSPS) is 24.7. The number of carbonyl (C=O) groups is 2. The lowest BCUT2D eigenvalue weighted by molar-refractivity contribution is -0.942. The van der Waals surface area contributed by atoms with Gasteiger partial charge in [0.1, 0.15) is 11.9 Å². The van der Waals surface area contributed by atoms with Gasteiger partial charge in [0.15, 0.2) is 0 Å². The Morgan fingerprint density at radius 1 is 1.19 bits per heavy atom. The van der Waals surface area contributed by atoms with Gasteiger partial charge in [-0.2, -0.15) is 0 Å². The zero-order chi connectivity index (χ0) is 21.8. The quantitative estimate of drug-likeness (QED) is 0.635. The number of aliphatic carboxylic acids is 1. The molecule has 3 aliphatic heterocycles. The van der Waals surface area contributed by atoms with E-state index < -0.39 is 5.97 Å². The third-order valence-corrected chi connectivity index (χ3v) is 6.69. The number of hydrogen-bond acceptors (Lipinski definition) is 5. The zero-order valence-electron chi connectivity index (χ0n) is 18.0. The minimum atomic E-state index is -1.10. The van der Waals surface area contributed by atoms with Crippen LogP contribution < -0.4 is 15.3 Å². The number of carbonyl (C=O) groups excluding carboxylic acids is 2. The van der Waals surface area contributed by atoms with Crippen LogP contribution in [0.1, 0.15) is 49.5 Å². The topological polar surface area (TPSA) is 99.5 Å². The second-order valence-corrected chi connectivity index (χ2v) is 8.82. The second-order valence-electron chi connectivity index (χ2n) is 8.82. The van der Waals surface area contributed by atoms with E-state index in [0.717, 1.165) is 42.3 Å². The highest BCUT2D eigenvalue weighted by Crippen LogP contribution is 2.34. The zero-order valence-corrected chi connectivity index (χ0v) is 18.0. The molecule has 3 fully saturated rings. The molecule has 3 saturated heterocycles. The van der Waals surface area contributed by atoms with Gasteiger partial charge in [0.2, 0.25) is 5.91 Å². The summed E-state index contributed by atoms with van der Waals surface area (Å²) in [5, 5.41) is 13.5. The summed E-state index contributed by atoms with van der Waals surface area (Å²) in [5.41, 5.74) is 3.23. The minimum Gasteiger partial charge on any atom is -0.550 e. The number of nitrogens with zero attached hydrogens (tertiary/aromatic N) is 2. The van der Waals surface area contributed by atoms with E-state index in [-0.39, 0.29) is 18.7 Å². The minimum absolute atomic E-state index is 0.0682. The molecule has 0 saturated carbocycles. The summed E-state index contributed by atoms with van der Waals surface area (Å²) in [5.74, 6) is 0.620. The first-order valence-electron chi connectivity index (χ1n) is 11.2. The van der Waals surface area contributed by atoms with E-state index in [1.807, 2.05) is 25.1 Å². The van der Waals surface area contributed by atoms with Crippen LogP contribution in [0.5, 0.6) is 0 Å². The van der Waals surface area contributed by atoms with Crippen molar-refractivity contribution in [2.45, 2.75) is 51.0 Å². The van der Waals surface area contributed by atoms with Crippen molar-refractivity contribution in [2.75, 3.05) is 19.6 Å². The number of hydrogen-bond donors (Lipinski definition) is 2. The van der Waals surface area contributed by atoms with Crippen LogP contribution in [0.3, 0.4) is 0 Å². The SMILES string of the molecule is Cc1nc(-c2ccccc2)cc([C@H]2C[NH+]3CC[C@H]2C[C@@H]3CNC(=O)CCCC(=O)[O-])n1. The molecule has 2 aromatic rings. The molecule has 31 heavy (non-hydrogen) atoms. The maximum absolute atomic E-state index is 12.0. The third-order valence-electron chi connectivity index (χ3n) is 6.69. The predicted molar refractivity (Wildman–Crippen MR) is 114 cm³/mol. The van der Waals surface area contributed by atoms with Crippen LogP contribution in [-0.2, 0) is 9.59 Å². The summed E-state index contributed by atoms with van der Waals surface area (Å²) in [7, 11) is 0. The highest BCUT2D eigenvalue weighted by molar-refractivity contribution is 5.76. The van der Waals surface area contributed by atoms with Gasteiger partial charge in [0.25, 0.3) is 0 Å². The average molecular weight is 423 g/mol. The van der Waals surface area contributed by atoms with Crippen LogP contribution in [-0.4, -0.2) is 47.5 Å². The van der Waals surface area contributed by atoms with Crippen LogP contribution in [0.4, 0.5) is 0 Å². The lowest BCUT2D eigenvalue weighted by atomic mass is 9.74. The molecule has 7 nitrogen and oxygen atoms in total. The molecule has 1 aromatic carbocycles. The van der Waals surface area contributed by atoms with Gasteiger partial charge < -0.3 is 20.1 Å². The molecule has 1 amide bonds. The first-order valence-corrected chi connectivity index (χ1v) is 11.2. The Kier molecular flexibility index (Phi) is 6.61. The van der Waals surface area contributed by atoms with Gasteiger partial charge in [-0.3, -0.25) is 4.79 Å². The monoisotopic (exact) mass is 422 g/mol. The highest BCUT2D eigenvalue weighted by Gasteiger charge is 2.44. The van der Waals surface area contributed by atoms with Crippen molar-refractivity contribution in [3.8, 4) is 11.3 Å². The van der Waals surface area contributed by atoms with Crippen LogP contribution in [0, 0.1) is 12.8 Å². The van der Waals surface area contributed by atoms with Gasteiger partial charge in [-0.1, -0.05) is 30.3 Å². The van der Waals surface area contributed by atoms with Crippen molar-refractivity contribution < 1.29 is 19.6 Å². The van der Waals surface area contributed by atoms with Crippen LogP contribution in [0.25, 0.3) is 11.3 Å². The summed E-state index contributed by atoms with van der Waals surface area (Å²) in [6, 6.07) is 12.8. The average Bonchev–Trinajstić information content (AvgIpc) is 2.78. The summed E-state index contributed by atoms with van der Waals surface area (Å²) in [4.78, 5) is 33.5. The third kappa shape index (κ3) is 5.28. The van der Waals surface area contributed by atoms with Gasteiger partial charge in [-0.05, 0) is 31.7 Å². The van der Waals surface area contributed by atoms with E-state index in [4.69, 9.17) is 4.98 Å². The van der Waals surface area contributed by atoms with Crippen molar-refractivity contribution in [3.05, 3.63) is 47.9 Å². The fourth-order valence-corrected chi connectivity index (χ4v) is 5.14. The highest BCUT2D eigenvalue weighted by atomic mass is 16.4. The summed E-state index contributed by atoms with van der Waals surface area (Å²) in [6.07, 6.45) is 2.76. The molecule has 2 N–H and O–H groups in total. The molecule has 0 spiro atoms. The van der Waals surface area contributed by atoms with E-state index >= 15 is 0 Å². The van der Waals surface area contributed by atoms with Gasteiger partial charge in [0, 0.05) is 30.8 Å². The first kappa shape index (κ1) is 21.4. The molecule has 4 heterocycles. The van der Waals surface area contributed by atoms with Crippen molar-refractivity contribution >= 4 is 11.9 Å². The molecule has 3 aliphatic rings. The smallest absolute Gasteiger partial charge is 0.220 e. The largest absolute Gasteiger partial charge is 0.550 e. The number of carboxylic acids is 1. The molecule has 2 bridgehead atoms. The van der Waals surface area contributed by atoms with E-state index in [1.54, 1.807) is 0 Å². The Balaban J connectivity index is 1.38. The van der Waals surface area contributed by atoms with Crippen LogP contribution in [0.15, 0.2) is 36.4 Å². The lowest BCUT2D eigenvalue weighted by Crippen LogP contribution is -3.20. The first-order chi connectivity index (χ1) is 15.0. The van der Waals surface area contributed by atoms with Gasteiger partial charge in [-0.15, -0.1) is 0 Å². The molecule has 0 aliphatic carbocycles. The van der Waals surface area contributed by atoms with Crippen molar-refractivity contribution in [1.29, 1.82) is 0 Å². The van der Waals surface area contributed by atoms with Crippen molar-refractivity contribution in [3.63, 3.8) is 0 Å². The van der Waals surface area contributed by atoms with Crippen molar-refractivity contribution in [2.24, 2.45) is 5.92 Å². The Hall–Kier alpha value is -2.80. The molecule has 7 heteroatoms. The van der Waals surface area contributed by atoms with Gasteiger partial charge in [0.05, 0.1) is 36.9 Å². The summed E-state index contributed by atoms with van der Waals surface area (Å²) in [6.45, 7) is 4.77. The van der Waals surface area contributed by atoms with Crippen molar-refractivity contribution in [1.82, 2.24) is 15.3 Å². The number of aryl methyl sites for hydroxylation is 1. The molecular weight excluding hydrogens is 392 g/mol. The number of nitrogens with one attached hydrogen (secondary N) is 2. The lowest BCUT2D eigenvalue weighted by Gasteiger charge is -2.46. The van der Waals surface area contributed by atoms with Gasteiger partial charge >= 0.3 is 0 Å². The maximum atomic E-state index is 12.0. The second kappa shape index (κ2) is 9.56. The molecule has 164 valence electrons. The predicted octanol–water partition coefficient (Wildman–Crippen LogP) is 0.249. The maximum Gasteiger partial charge on any atom is 0.220 e. The Labute approximate surface area is 182 Å². The number of aromatic nitrogens is 2. The molecule has 5 rings (SSSR count). The number of carboxylic acid groups (broad SMARTS) is 1. The number of quaternary nitrogens is 1. The van der Waals surface area contributed by atoms with Crippen LogP contribution in [0.2, 0.25) is 0 Å². The molecule has 0 radical (unpaired) electrons. The standard InChI is InChI=1S/C24H30N4O3/c1-16-26-21(17-6-3-2-4-7-17)13-22(27-16)20-15-28-11-10-18(20)12-19(28)14-25-23(29)8-5-9-24(30)31/h2-4,6-7,13,18-20H,5,8-12,14-15H2,1H3,(H,25,29)(H,30,31)/t18-,19+,20-/m0/s1.